The normalized spacial score (nSPS) is 16.3. The summed E-state index contributed by atoms with van der Waals surface area (Å²) in [5.41, 5.74) is 1.08. The monoisotopic (exact) mass is 245 g/mol. The van der Waals surface area contributed by atoms with Gasteiger partial charge in [-0.2, -0.15) is 10.2 Å². The lowest BCUT2D eigenvalue weighted by Crippen LogP contribution is -2.07. The molecule has 96 valence electrons. The quantitative estimate of drug-likeness (QED) is 0.899. The van der Waals surface area contributed by atoms with Crippen molar-refractivity contribution in [2.24, 2.45) is 7.05 Å². The van der Waals surface area contributed by atoms with Gasteiger partial charge < -0.3 is 5.32 Å². The summed E-state index contributed by atoms with van der Waals surface area (Å²) in [6.45, 7) is 0.733. The van der Waals surface area contributed by atoms with Crippen molar-refractivity contribution in [1.82, 2.24) is 19.6 Å². The van der Waals surface area contributed by atoms with Crippen LogP contribution in [0.4, 0.5) is 5.82 Å². The van der Waals surface area contributed by atoms with Gasteiger partial charge in [0.25, 0.3) is 0 Å². The zero-order valence-electron chi connectivity index (χ0n) is 10.7. The number of aromatic nitrogens is 4. The summed E-state index contributed by atoms with van der Waals surface area (Å²) in [5, 5.41) is 12.2. The predicted molar refractivity (Wildman–Crippen MR) is 70.3 cm³/mol. The molecule has 2 aromatic heterocycles. The standard InChI is InChI=1S/C13H19N5/c1-17-8-7-13(16-17)14-10-11-6-9-18(15-11)12-4-2-3-5-12/h6-9,12H,2-5,10H2,1H3,(H,14,16). The molecule has 0 bridgehead atoms. The molecule has 3 rings (SSSR count). The molecule has 2 heterocycles. The lowest BCUT2D eigenvalue weighted by Gasteiger charge is -2.08. The first-order valence-electron chi connectivity index (χ1n) is 6.59. The van der Waals surface area contributed by atoms with Crippen LogP contribution >= 0.6 is 0 Å². The number of nitrogens with zero attached hydrogens (tertiary/aromatic N) is 4. The molecule has 1 aliphatic rings. The smallest absolute Gasteiger partial charge is 0.148 e. The fourth-order valence-electron chi connectivity index (χ4n) is 2.53. The van der Waals surface area contributed by atoms with Crippen molar-refractivity contribution in [1.29, 1.82) is 0 Å². The Morgan fingerprint density at radius 3 is 2.78 bits per heavy atom. The first-order valence-corrected chi connectivity index (χ1v) is 6.59. The van der Waals surface area contributed by atoms with Crippen LogP contribution in [0.2, 0.25) is 0 Å². The first kappa shape index (κ1) is 11.3. The van der Waals surface area contributed by atoms with Crippen LogP contribution in [0, 0.1) is 0 Å². The van der Waals surface area contributed by atoms with Gasteiger partial charge >= 0.3 is 0 Å². The molecule has 0 amide bonds. The van der Waals surface area contributed by atoms with Gasteiger partial charge in [-0.15, -0.1) is 0 Å². The van der Waals surface area contributed by atoms with Crippen molar-refractivity contribution >= 4 is 5.82 Å². The molecular weight excluding hydrogens is 226 g/mol. The van der Waals surface area contributed by atoms with Gasteiger partial charge in [0.05, 0.1) is 18.3 Å². The van der Waals surface area contributed by atoms with Crippen molar-refractivity contribution in [3.8, 4) is 0 Å². The minimum atomic E-state index is 0.619. The number of nitrogens with one attached hydrogen (secondary N) is 1. The highest BCUT2D eigenvalue weighted by Crippen LogP contribution is 2.28. The molecule has 0 unspecified atom stereocenters. The molecule has 0 aliphatic heterocycles. The first-order chi connectivity index (χ1) is 8.81. The van der Waals surface area contributed by atoms with Gasteiger partial charge in [0, 0.05) is 25.5 Å². The van der Waals surface area contributed by atoms with Gasteiger partial charge in [0.15, 0.2) is 0 Å². The van der Waals surface area contributed by atoms with Crippen LogP contribution in [0.15, 0.2) is 24.5 Å². The molecule has 5 nitrogen and oxygen atoms in total. The summed E-state index contributed by atoms with van der Waals surface area (Å²) in [5.74, 6) is 0.896. The van der Waals surface area contributed by atoms with E-state index in [0.717, 1.165) is 18.1 Å². The Morgan fingerprint density at radius 1 is 1.22 bits per heavy atom. The number of hydrogen-bond donors (Lipinski definition) is 1. The molecule has 0 saturated heterocycles. The van der Waals surface area contributed by atoms with Crippen molar-refractivity contribution in [3.05, 3.63) is 30.2 Å². The predicted octanol–water partition coefficient (Wildman–Crippen LogP) is 2.34. The Hall–Kier alpha value is -1.78. The van der Waals surface area contributed by atoms with Crippen LogP contribution in [0.5, 0.6) is 0 Å². The number of hydrogen-bond acceptors (Lipinski definition) is 3. The molecule has 0 spiro atoms. The fraction of sp³-hybridized carbons (Fsp3) is 0.538. The van der Waals surface area contributed by atoms with Crippen LogP contribution in [-0.2, 0) is 13.6 Å². The lowest BCUT2D eigenvalue weighted by molar-refractivity contribution is 0.463. The van der Waals surface area contributed by atoms with E-state index in [2.05, 4.69) is 32.5 Å². The van der Waals surface area contributed by atoms with E-state index >= 15 is 0 Å². The minimum Gasteiger partial charge on any atom is -0.363 e. The van der Waals surface area contributed by atoms with Crippen LogP contribution in [-0.4, -0.2) is 19.6 Å². The van der Waals surface area contributed by atoms with Gasteiger partial charge in [-0.3, -0.25) is 9.36 Å². The van der Waals surface area contributed by atoms with E-state index in [-0.39, 0.29) is 0 Å². The van der Waals surface area contributed by atoms with E-state index in [1.54, 1.807) is 4.68 Å². The summed E-state index contributed by atoms with van der Waals surface area (Å²) < 4.78 is 3.92. The van der Waals surface area contributed by atoms with Crippen molar-refractivity contribution in [3.63, 3.8) is 0 Å². The molecule has 1 aliphatic carbocycles. The van der Waals surface area contributed by atoms with E-state index in [1.807, 2.05) is 19.3 Å². The van der Waals surface area contributed by atoms with Gasteiger partial charge in [-0.1, -0.05) is 12.8 Å². The summed E-state index contributed by atoms with van der Waals surface area (Å²) in [6.07, 6.45) is 9.26. The Morgan fingerprint density at radius 2 is 2.06 bits per heavy atom. The van der Waals surface area contributed by atoms with Crippen LogP contribution in [0.1, 0.15) is 37.4 Å². The maximum atomic E-state index is 4.63. The average Bonchev–Trinajstić information content (AvgIpc) is 3.07. The van der Waals surface area contributed by atoms with E-state index in [9.17, 15) is 0 Å². The lowest BCUT2D eigenvalue weighted by atomic mass is 10.3. The zero-order chi connectivity index (χ0) is 12.4. The number of anilines is 1. The third-order valence-electron chi connectivity index (χ3n) is 3.53. The molecule has 1 fully saturated rings. The molecule has 0 aromatic carbocycles. The van der Waals surface area contributed by atoms with Gasteiger partial charge in [-0.25, -0.2) is 0 Å². The van der Waals surface area contributed by atoms with E-state index < -0.39 is 0 Å². The maximum Gasteiger partial charge on any atom is 0.148 e. The van der Waals surface area contributed by atoms with Gasteiger partial charge in [-0.05, 0) is 18.9 Å². The third-order valence-corrected chi connectivity index (χ3v) is 3.53. The third kappa shape index (κ3) is 2.39. The van der Waals surface area contributed by atoms with Gasteiger partial charge in [0.1, 0.15) is 5.82 Å². The van der Waals surface area contributed by atoms with Crippen molar-refractivity contribution < 1.29 is 0 Å². The molecule has 2 aromatic rings. The summed E-state index contributed by atoms with van der Waals surface area (Å²) >= 11 is 0. The molecule has 1 N–H and O–H groups in total. The van der Waals surface area contributed by atoms with Crippen molar-refractivity contribution in [2.45, 2.75) is 38.3 Å². The second kappa shape index (κ2) is 4.84. The highest BCUT2D eigenvalue weighted by atomic mass is 15.3. The highest BCUT2D eigenvalue weighted by Gasteiger charge is 2.17. The van der Waals surface area contributed by atoms with Crippen LogP contribution in [0.3, 0.4) is 0 Å². The molecule has 0 radical (unpaired) electrons. The highest BCUT2D eigenvalue weighted by molar-refractivity contribution is 5.32. The summed E-state index contributed by atoms with van der Waals surface area (Å²) in [6, 6.07) is 4.68. The second-order valence-electron chi connectivity index (χ2n) is 4.95. The number of aryl methyl sites for hydroxylation is 1. The Labute approximate surface area is 107 Å². The molecule has 0 atom stereocenters. The van der Waals surface area contributed by atoms with E-state index in [4.69, 9.17) is 0 Å². The maximum absolute atomic E-state index is 4.63. The van der Waals surface area contributed by atoms with Crippen molar-refractivity contribution in [2.75, 3.05) is 5.32 Å². The molecular formula is C13H19N5. The average molecular weight is 245 g/mol. The Balaban J connectivity index is 1.59. The Kier molecular flexibility index (Phi) is 3.04. The molecule has 5 heteroatoms. The summed E-state index contributed by atoms with van der Waals surface area (Å²) in [7, 11) is 1.92. The number of rotatable bonds is 4. The largest absolute Gasteiger partial charge is 0.363 e. The second-order valence-corrected chi connectivity index (χ2v) is 4.95. The minimum absolute atomic E-state index is 0.619. The van der Waals surface area contributed by atoms with Crippen LogP contribution < -0.4 is 5.32 Å². The molecule has 1 saturated carbocycles. The van der Waals surface area contributed by atoms with E-state index in [0.29, 0.717) is 6.04 Å². The topological polar surface area (TPSA) is 47.7 Å². The van der Waals surface area contributed by atoms with Gasteiger partial charge in [0.2, 0.25) is 0 Å². The molecule has 18 heavy (non-hydrogen) atoms. The van der Waals surface area contributed by atoms with Crippen LogP contribution in [0.25, 0.3) is 0 Å². The zero-order valence-corrected chi connectivity index (χ0v) is 10.7. The SMILES string of the molecule is Cn1ccc(NCc2ccn(C3CCCC3)n2)n1. The Bertz CT molecular complexity index is 507. The fourth-order valence-corrected chi connectivity index (χ4v) is 2.53. The van der Waals surface area contributed by atoms with E-state index in [1.165, 1.54) is 25.7 Å². The summed E-state index contributed by atoms with van der Waals surface area (Å²) in [4.78, 5) is 0.